The molecule has 1 rings (SSSR count). The second-order valence-electron chi connectivity index (χ2n) is 3.99. The first-order valence-electron chi connectivity index (χ1n) is 5.60. The SMILES string of the molecule is COCCS(=O)(=O)CCCn1cc(N)ccc1=O. The Bertz CT molecular complexity index is 536. The van der Waals surface area contributed by atoms with Crippen LogP contribution < -0.4 is 11.3 Å². The molecule has 1 heterocycles. The van der Waals surface area contributed by atoms with Gasteiger partial charge in [0.05, 0.1) is 18.1 Å². The monoisotopic (exact) mass is 274 g/mol. The lowest BCUT2D eigenvalue weighted by atomic mass is 10.4. The molecule has 0 amide bonds. The third-order valence-electron chi connectivity index (χ3n) is 2.46. The van der Waals surface area contributed by atoms with E-state index in [9.17, 15) is 13.2 Å². The lowest BCUT2D eigenvalue weighted by Crippen LogP contribution is -2.21. The van der Waals surface area contributed by atoms with E-state index in [1.54, 1.807) is 0 Å². The normalized spacial score (nSPS) is 11.6. The van der Waals surface area contributed by atoms with Gasteiger partial charge >= 0.3 is 0 Å². The van der Waals surface area contributed by atoms with Crippen LogP contribution in [0.25, 0.3) is 0 Å². The second kappa shape index (κ2) is 6.55. The Labute approximate surface area is 106 Å². The smallest absolute Gasteiger partial charge is 0.250 e. The molecule has 2 N–H and O–H groups in total. The summed E-state index contributed by atoms with van der Waals surface area (Å²) < 4.78 is 29.2. The number of nitrogens with two attached hydrogens (primary N) is 1. The highest BCUT2D eigenvalue weighted by Gasteiger charge is 2.10. The van der Waals surface area contributed by atoms with Gasteiger partial charge in [-0.25, -0.2) is 8.42 Å². The standard InChI is InChI=1S/C11H18N2O4S/c1-17-6-8-18(15,16)7-2-5-13-9-10(12)3-4-11(13)14/h3-4,9H,2,5-8,12H2,1H3. The van der Waals surface area contributed by atoms with Gasteiger partial charge in [-0.2, -0.15) is 0 Å². The molecule has 7 heteroatoms. The maximum Gasteiger partial charge on any atom is 0.250 e. The molecular formula is C11H18N2O4S. The highest BCUT2D eigenvalue weighted by atomic mass is 32.2. The Hall–Kier alpha value is -1.34. The highest BCUT2D eigenvalue weighted by molar-refractivity contribution is 7.91. The average molecular weight is 274 g/mol. The Morgan fingerprint density at radius 1 is 1.33 bits per heavy atom. The molecule has 0 aliphatic carbocycles. The summed E-state index contributed by atoms with van der Waals surface area (Å²) in [4.78, 5) is 11.4. The minimum absolute atomic E-state index is 0.00925. The van der Waals surface area contributed by atoms with Crippen LogP contribution >= 0.6 is 0 Å². The maximum atomic E-state index is 11.5. The van der Waals surface area contributed by atoms with Crippen LogP contribution in [0.3, 0.4) is 0 Å². The number of nitrogen functional groups attached to an aromatic ring is 1. The lowest BCUT2D eigenvalue weighted by Gasteiger charge is -2.07. The van der Waals surface area contributed by atoms with Gasteiger partial charge in [-0.15, -0.1) is 0 Å². The summed E-state index contributed by atoms with van der Waals surface area (Å²) in [6, 6.07) is 2.89. The summed E-state index contributed by atoms with van der Waals surface area (Å²) in [6.07, 6.45) is 1.90. The van der Waals surface area contributed by atoms with E-state index in [0.717, 1.165) is 0 Å². The number of anilines is 1. The van der Waals surface area contributed by atoms with E-state index < -0.39 is 9.84 Å². The van der Waals surface area contributed by atoms with Crippen molar-refractivity contribution in [3.05, 3.63) is 28.7 Å². The third-order valence-corrected chi connectivity index (χ3v) is 4.16. The molecule has 102 valence electrons. The second-order valence-corrected chi connectivity index (χ2v) is 6.30. The zero-order valence-corrected chi connectivity index (χ0v) is 11.1. The van der Waals surface area contributed by atoms with Gasteiger partial charge in [-0.3, -0.25) is 4.79 Å². The fourth-order valence-corrected chi connectivity index (χ4v) is 2.69. The molecule has 0 saturated carbocycles. The average Bonchev–Trinajstić information content (AvgIpc) is 2.31. The number of rotatable bonds is 7. The molecule has 0 bridgehead atoms. The Morgan fingerprint density at radius 3 is 2.72 bits per heavy atom. The molecule has 6 nitrogen and oxygen atoms in total. The molecule has 0 unspecified atom stereocenters. The van der Waals surface area contributed by atoms with Crippen molar-refractivity contribution < 1.29 is 13.2 Å². The van der Waals surface area contributed by atoms with Gasteiger partial charge in [0.1, 0.15) is 0 Å². The molecule has 0 saturated heterocycles. The van der Waals surface area contributed by atoms with Crippen molar-refractivity contribution in [3.8, 4) is 0 Å². The van der Waals surface area contributed by atoms with Crippen LogP contribution in [0.5, 0.6) is 0 Å². The molecule has 0 atom stereocenters. The predicted molar refractivity (Wildman–Crippen MR) is 70.3 cm³/mol. The van der Waals surface area contributed by atoms with Crippen LogP contribution in [0.15, 0.2) is 23.1 Å². The summed E-state index contributed by atoms with van der Waals surface area (Å²) in [6.45, 7) is 0.538. The largest absolute Gasteiger partial charge is 0.398 e. The van der Waals surface area contributed by atoms with E-state index in [4.69, 9.17) is 10.5 Å². The molecule has 1 aromatic heterocycles. The number of hydrogen-bond donors (Lipinski definition) is 1. The fraction of sp³-hybridized carbons (Fsp3) is 0.545. The van der Waals surface area contributed by atoms with Crippen molar-refractivity contribution in [2.45, 2.75) is 13.0 Å². The zero-order chi connectivity index (χ0) is 13.6. The van der Waals surface area contributed by atoms with Gasteiger partial charge in [0, 0.05) is 31.6 Å². The number of nitrogens with zero attached hydrogens (tertiary/aromatic N) is 1. The van der Waals surface area contributed by atoms with Gasteiger partial charge in [0.2, 0.25) is 0 Å². The Kier molecular flexibility index (Phi) is 5.36. The number of sulfone groups is 1. The van der Waals surface area contributed by atoms with Crippen molar-refractivity contribution in [2.24, 2.45) is 0 Å². The number of hydrogen-bond acceptors (Lipinski definition) is 5. The summed E-state index contributed by atoms with van der Waals surface area (Å²) in [5, 5.41) is 0. The molecule has 0 aromatic carbocycles. The van der Waals surface area contributed by atoms with Gasteiger partial charge < -0.3 is 15.0 Å². The summed E-state index contributed by atoms with van der Waals surface area (Å²) in [7, 11) is -1.65. The van der Waals surface area contributed by atoms with Gasteiger partial charge in [0.15, 0.2) is 9.84 Å². The Balaban J connectivity index is 2.51. The molecule has 0 radical (unpaired) electrons. The molecule has 1 aromatic rings. The van der Waals surface area contributed by atoms with E-state index in [1.807, 2.05) is 0 Å². The quantitative estimate of drug-likeness (QED) is 0.748. The number of pyridine rings is 1. The molecule has 18 heavy (non-hydrogen) atoms. The van der Waals surface area contributed by atoms with Crippen molar-refractivity contribution >= 4 is 15.5 Å². The van der Waals surface area contributed by atoms with Crippen LogP contribution in [0.4, 0.5) is 5.69 Å². The first kappa shape index (κ1) is 14.7. The highest BCUT2D eigenvalue weighted by Crippen LogP contribution is 2.00. The summed E-state index contributed by atoms with van der Waals surface area (Å²) in [5.41, 5.74) is 5.86. The van der Waals surface area contributed by atoms with E-state index >= 15 is 0 Å². The summed E-state index contributed by atoms with van der Waals surface area (Å²) in [5.74, 6) is 0.0485. The van der Waals surface area contributed by atoms with Crippen LogP contribution in [-0.4, -0.2) is 38.2 Å². The van der Waals surface area contributed by atoms with Crippen molar-refractivity contribution in [2.75, 3.05) is 31.0 Å². The van der Waals surface area contributed by atoms with E-state index in [1.165, 1.54) is 30.0 Å². The van der Waals surface area contributed by atoms with Crippen LogP contribution in [0.1, 0.15) is 6.42 Å². The molecule has 0 aliphatic rings. The Morgan fingerprint density at radius 2 is 2.06 bits per heavy atom. The third kappa shape index (κ3) is 4.89. The molecule has 0 fully saturated rings. The van der Waals surface area contributed by atoms with Gasteiger partial charge in [-0.1, -0.05) is 0 Å². The molecule has 0 aliphatic heterocycles. The first-order valence-corrected chi connectivity index (χ1v) is 7.42. The van der Waals surface area contributed by atoms with E-state index in [-0.39, 0.29) is 23.7 Å². The van der Waals surface area contributed by atoms with E-state index in [0.29, 0.717) is 18.7 Å². The van der Waals surface area contributed by atoms with Gasteiger partial charge in [-0.05, 0) is 12.5 Å². The number of aryl methyl sites for hydroxylation is 1. The van der Waals surface area contributed by atoms with Gasteiger partial charge in [0.25, 0.3) is 5.56 Å². The zero-order valence-electron chi connectivity index (χ0n) is 10.3. The topological polar surface area (TPSA) is 91.4 Å². The summed E-state index contributed by atoms with van der Waals surface area (Å²) >= 11 is 0. The van der Waals surface area contributed by atoms with Crippen LogP contribution in [-0.2, 0) is 21.1 Å². The fourth-order valence-electron chi connectivity index (χ4n) is 1.49. The molecular weight excluding hydrogens is 256 g/mol. The van der Waals surface area contributed by atoms with E-state index in [2.05, 4.69) is 0 Å². The first-order chi connectivity index (χ1) is 8.44. The predicted octanol–water partition coefficient (Wildman–Crippen LogP) is -0.118. The minimum Gasteiger partial charge on any atom is -0.398 e. The van der Waals surface area contributed by atoms with Crippen molar-refractivity contribution in [3.63, 3.8) is 0 Å². The van der Waals surface area contributed by atoms with Crippen molar-refractivity contribution in [1.29, 1.82) is 0 Å². The number of methoxy groups -OCH3 is 1. The van der Waals surface area contributed by atoms with Crippen LogP contribution in [0.2, 0.25) is 0 Å². The number of ether oxygens (including phenoxy) is 1. The number of aromatic nitrogens is 1. The molecule has 0 spiro atoms. The maximum absolute atomic E-state index is 11.5. The van der Waals surface area contributed by atoms with Crippen molar-refractivity contribution in [1.82, 2.24) is 4.57 Å². The lowest BCUT2D eigenvalue weighted by molar-refractivity contribution is 0.217. The van der Waals surface area contributed by atoms with Crippen LogP contribution in [0, 0.1) is 0 Å². The minimum atomic E-state index is -3.11.